The van der Waals surface area contributed by atoms with Gasteiger partial charge in [0.05, 0.1) is 24.9 Å². The summed E-state index contributed by atoms with van der Waals surface area (Å²) in [4.78, 5) is 15.1. The summed E-state index contributed by atoms with van der Waals surface area (Å²) in [5.41, 5.74) is 1.47. The number of methoxy groups -OCH3 is 1. The molecule has 0 unspecified atom stereocenters. The number of nitrogens with one attached hydrogen (secondary N) is 1. The van der Waals surface area contributed by atoms with E-state index in [-0.39, 0.29) is 11.8 Å². The van der Waals surface area contributed by atoms with Crippen molar-refractivity contribution in [1.82, 2.24) is 10.2 Å². The van der Waals surface area contributed by atoms with Crippen LogP contribution in [-0.2, 0) is 4.74 Å². The third kappa shape index (κ3) is 6.07. The Morgan fingerprint density at radius 1 is 1.31 bits per heavy atom. The monoisotopic (exact) mass is 406 g/mol. The second-order valence-electron chi connectivity index (χ2n) is 8.02. The van der Waals surface area contributed by atoms with E-state index in [0.29, 0.717) is 43.4 Å². The number of likely N-dealkylation sites (tertiary alicyclic amines) is 1. The minimum Gasteiger partial charge on any atom is -0.490 e. The van der Waals surface area contributed by atoms with Gasteiger partial charge in [0, 0.05) is 39.1 Å². The third-order valence-electron chi connectivity index (χ3n) is 5.64. The Hall–Kier alpha value is -1.83. The highest BCUT2D eigenvalue weighted by atomic mass is 16.5. The average Bonchev–Trinajstić information content (AvgIpc) is 2.95. The van der Waals surface area contributed by atoms with Gasteiger partial charge in [0.2, 0.25) is 0 Å². The fraction of sp³-hybridized carbons (Fsp3) is 0.682. The van der Waals surface area contributed by atoms with E-state index in [2.05, 4.69) is 10.2 Å². The van der Waals surface area contributed by atoms with Crippen LogP contribution in [-0.4, -0.2) is 75.1 Å². The minimum atomic E-state index is -0.430. The molecule has 0 aliphatic carbocycles. The Morgan fingerprint density at radius 3 is 2.93 bits per heavy atom. The van der Waals surface area contributed by atoms with Gasteiger partial charge in [-0.25, -0.2) is 0 Å². The number of hydrogen-bond acceptors (Lipinski definition) is 6. The van der Waals surface area contributed by atoms with E-state index < -0.39 is 6.10 Å². The lowest BCUT2D eigenvalue weighted by Crippen LogP contribution is -2.47. The van der Waals surface area contributed by atoms with Crippen LogP contribution >= 0.6 is 0 Å². The maximum atomic E-state index is 12.8. The summed E-state index contributed by atoms with van der Waals surface area (Å²) in [6.45, 7) is 6.89. The molecule has 1 aromatic rings. The number of amides is 1. The van der Waals surface area contributed by atoms with Gasteiger partial charge >= 0.3 is 0 Å². The summed E-state index contributed by atoms with van der Waals surface area (Å²) in [5.74, 6) is 1.05. The molecule has 1 amide bonds. The zero-order chi connectivity index (χ0) is 20.6. The molecule has 0 radical (unpaired) electrons. The molecule has 162 valence electrons. The predicted octanol–water partition coefficient (Wildman–Crippen LogP) is 2.00. The highest BCUT2D eigenvalue weighted by molar-refractivity contribution is 5.98. The van der Waals surface area contributed by atoms with Crippen molar-refractivity contribution in [2.45, 2.75) is 38.7 Å². The Balaban J connectivity index is 1.52. The molecular formula is C22H34N2O5. The number of fused-ring (bicyclic) bond motifs is 1. The molecular weight excluding hydrogens is 372 g/mol. The molecule has 0 saturated carbocycles. The van der Waals surface area contributed by atoms with E-state index >= 15 is 0 Å². The first-order valence-electron chi connectivity index (χ1n) is 10.7. The number of aliphatic hydroxyl groups is 1. The Labute approximate surface area is 173 Å². The summed E-state index contributed by atoms with van der Waals surface area (Å²) in [6, 6.07) is 3.74. The topological polar surface area (TPSA) is 80.3 Å². The van der Waals surface area contributed by atoms with Crippen LogP contribution in [0.2, 0.25) is 0 Å². The van der Waals surface area contributed by atoms with Crippen LogP contribution in [0.3, 0.4) is 0 Å². The molecule has 2 aliphatic heterocycles. The second kappa shape index (κ2) is 10.8. The van der Waals surface area contributed by atoms with Crippen molar-refractivity contribution in [3.63, 3.8) is 0 Å². The smallest absolute Gasteiger partial charge is 0.255 e. The van der Waals surface area contributed by atoms with E-state index in [1.165, 1.54) is 0 Å². The van der Waals surface area contributed by atoms with Crippen LogP contribution in [0, 0.1) is 12.8 Å². The van der Waals surface area contributed by atoms with Crippen molar-refractivity contribution in [1.29, 1.82) is 0 Å². The first kappa shape index (κ1) is 21.9. The molecule has 2 heterocycles. The lowest BCUT2D eigenvalue weighted by atomic mass is 9.93. The Bertz CT molecular complexity index is 681. The molecule has 0 bridgehead atoms. The van der Waals surface area contributed by atoms with Crippen molar-refractivity contribution in [2.24, 2.45) is 5.92 Å². The normalized spacial score (nSPS) is 22.2. The Kier molecular flexibility index (Phi) is 8.15. The van der Waals surface area contributed by atoms with E-state index in [1.807, 2.05) is 19.1 Å². The average molecular weight is 407 g/mol. The molecule has 1 saturated heterocycles. The summed E-state index contributed by atoms with van der Waals surface area (Å²) >= 11 is 0. The zero-order valence-electron chi connectivity index (χ0n) is 17.6. The molecule has 7 heteroatoms. The maximum Gasteiger partial charge on any atom is 0.255 e. The number of nitrogens with zero attached hydrogens (tertiary/aromatic N) is 1. The van der Waals surface area contributed by atoms with Crippen LogP contribution in [0.4, 0.5) is 0 Å². The number of carbonyl (C=O) groups excluding carboxylic acids is 1. The maximum absolute atomic E-state index is 12.8. The van der Waals surface area contributed by atoms with E-state index in [4.69, 9.17) is 14.2 Å². The van der Waals surface area contributed by atoms with Gasteiger partial charge in [-0.2, -0.15) is 0 Å². The van der Waals surface area contributed by atoms with Crippen molar-refractivity contribution in [2.75, 3.05) is 53.1 Å². The largest absolute Gasteiger partial charge is 0.490 e. The summed E-state index contributed by atoms with van der Waals surface area (Å²) < 4.78 is 16.6. The van der Waals surface area contributed by atoms with Crippen LogP contribution in [0.1, 0.15) is 41.6 Å². The van der Waals surface area contributed by atoms with Gasteiger partial charge < -0.3 is 29.5 Å². The molecule has 29 heavy (non-hydrogen) atoms. The molecule has 0 aromatic heterocycles. The fourth-order valence-electron chi connectivity index (χ4n) is 3.97. The SMILES string of the molecule is COCCCCN1CC[C@H](CNC(=O)c2cc(C)cc3c2OCCCO3)[C@H](O)C1. The van der Waals surface area contributed by atoms with Crippen molar-refractivity contribution >= 4 is 5.91 Å². The number of aliphatic hydroxyl groups excluding tert-OH is 1. The van der Waals surface area contributed by atoms with Crippen LogP contribution in [0.15, 0.2) is 12.1 Å². The van der Waals surface area contributed by atoms with E-state index in [9.17, 15) is 9.90 Å². The van der Waals surface area contributed by atoms with Gasteiger partial charge in [-0.15, -0.1) is 0 Å². The fourth-order valence-corrected chi connectivity index (χ4v) is 3.97. The summed E-state index contributed by atoms with van der Waals surface area (Å²) in [5, 5.41) is 13.5. The van der Waals surface area contributed by atoms with Crippen molar-refractivity contribution in [3.05, 3.63) is 23.3 Å². The first-order valence-corrected chi connectivity index (χ1v) is 10.7. The quantitative estimate of drug-likeness (QED) is 0.643. The predicted molar refractivity (Wildman–Crippen MR) is 111 cm³/mol. The number of unbranched alkanes of at least 4 members (excludes halogenated alkanes) is 1. The summed E-state index contributed by atoms with van der Waals surface area (Å²) in [6.07, 6.45) is 3.35. The van der Waals surface area contributed by atoms with Crippen LogP contribution < -0.4 is 14.8 Å². The number of rotatable bonds is 8. The molecule has 2 atom stereocenters. The lowest BCUT2D eigenvalue weighted by molar-refractivity contribution is 0.0209. The van der Waals surface area contributed by atoms with Crippen molar-refractivity contribution < 1.29 is 24.1 Å². The van der Waals surface area contributed by atoms with E-state index in [0.717, 1.165) is 50.9 Å². The second-order valence-corrected chi connectivity index (χ2v) is 8.02. The van der Waals surface area contributed by atoms with Gasteiger partial charge in [0.25, 0.3) is 5.91 Å². The van der Waals surface area contributed by atoms with Gasteiger partial charge in [-0.3, -0.25) is 4.79 Å². The highest BCUT2D eigenvalue weighted by Crippen LogP contribution is 2.34. The molecule has 1 fully saturated rings. The number of β-amino-alcohol motifs (C(OH)–C–C–N with tert-alkyl or cyclic N) is 1. The molecule has 3 rings (SSSR count). The molecule has 2 aliphatic rings. The number of aryl methyl sites for hydroxylation is 1. The molecule has 1 aromatic carbocycles. The number of piperidine rings is 1. The molecule has 7 nitrogen and oxygen atoms in total. The first-order chi connectivity index (χ1) is 14.1. The van der Waals surface area contributed by atoms with Crippen molar-refractivity contribution in [3.8, 4) is 11.5 Å². The third-order valence-corrected chi connectivity index (χ3v) is 5.64. The number of carbonyl (C=O) groups is 1. The summed E-state index contributed by atoms with van der Waals surface area (Å²) in [7, 11) is 1.72. The number of hydrogen-bond donors (Lipinski definition) is 2. The number of ether oxygens (including phenoxy) is 3. The molecule has 0 spiro atoms. The zero-order valence-corrected chi connectivity index (χ0v) is 17.6. The lowest BCUT2D eigenvalue weighted by Gasteiger charge is -2.36. The van der Waals surface area contributed by atoms with Gasteiger partial charge in [-0.05, 0) is 57.0 Å². The van der Waals surface area contributed by atoms with Gasteiger partial charge in [0.1, 0.15) is 0 Å². The van der Waals surface area contributed by atoms with Gasteiger partial charge in [0.15, 0.2) is 11.5 Å². The minimum absolute atomic E-state index is 0.0646. The van der Waals surface area contributed by atoms with Gasteiger partial charge in [-0.1, -0.05) is 0 Å². The Morgan fingerprint density at radius 2 is 2.14 bits per heavy atom. The number of benzene rings is 1. The van der Waals surface area contributed by atoms with Crippen LogP contribution in [0.5, 0.6) is 11.5 Å². The molecule has 2 N–H and O–H groups in total. The highest BCUT2D eigenvalue weighted by Gasteiger charge is 2.28. The standard InChI is InChI=1S/C22H34N2O5/c1-16-12-18(21-20(13-16)28-10-5-11-29-21)22(26)23-14-17-6-8-24(15-19(17)25)7-3-4-9-27-2/h12-13,17,19,25H,3-11,14-15H2,1-2H3,(H,23,26)/t17-,19-/m1/s1. The van der Waals surface area contributed by atoms with Crippen LogP contribution in [0.25, 0.3) is 0 Å². The van der Waals surface area contributed by atoms with E-state index in [1.54, 1.807) is 7.11 Å².